The number of rotatable bonds is 0. The first-order valence-corrected chi connectivity index (χ1v) is 6.78. The van der Waals surface area contributed by atoms with Crippen LogP contribution >= 0.6 is 22.6 Å². The van der Waals surface area contributed by atoms with Gasteiger partial charge >= 0.3 is 0 Å². The Balaban J connectivity index is 1.92. The summed E-state index contributed by atoms with van der Waals surface area (Å²) in [5.41, 5.74) is -1.06. The van der Waals surface area contributed by atoms with Crippen LogP contribution in [0, 0.1) is 41.4 Å². The number of halogens is 2. The van der Waals surface area contributed by atoms with Gasteiger partial charge in [0, 0.05) is 15.8 Å². The summed E-state index contributed by atoms with van der Waals surface area (Å²) in [4.78, 5) is 12.0. The second-order valence-electron chi connectivity index (χ2n) is 5.88. The summed E-state index contributed by atoms with van der Waals surface area (Å²) in [7, 11) is 0. The zero-order valence-corrected chi connectivity index (χ0v) is 9.65. The van der Waals surface area contributed by atoms with Gasteiger partial charge in [0.25, 0.3) is 0 Å². The lowest BCUT2D eigenvalue weighted by Gasteiger charge is -2.35. The lowest BCUT2D eigenvalue weighted by atomic mass is 9.70. The molecule has 0 aromatic carbocycles. The predicted octanol–water partition coefficient (Wildman–Crippen LogP) is 1.84. The van der Waals surface area contributed by atoms with Crippen LogP contribution in [0.15, 0.2) is 0 Å². The van der Waals surface area contributed by atoms with Gasteiger partial charge in [0.05, 0.1) is 5.92 Å². The van der Waals surface area contributed by atoms with Gasteiger partial charge < -0.3 is 0 Å². The van der Waals surface area contributed by atoms with Crippen molar-refractivity contribution in [3.63, 3.8) is 0 Å². The van der Waals surface area contributed by atoms with E-state index in [0.717, 1.165) is 0 Å². The number of ketones is 1. The molecule has 6 saturated carbocycles. The minimum absolute atomic E-state index is 0.155. The van der Waals surface area contributed by atoms with Crippen LogP contribution in [0.1, 0.15) is 6.42 Å². The molecule has 0 amide bonds. The molecule has 6 aliphatic carbocycles. The Hall–Kier alpha value is 0.330. The van der Waals surface area contributed by atoms with E-state index in [1.165, 1.54) is 6.42 Å². The Kier molecular flexibility index (Phi) is 0.931. The topological polar surface area (TPSA) is 17.1 Å². The molecule has 0 unspecified atom stereocenters. The number of Topliss-reactive ketones (excluding diaryl/α,β-unsaturated/α-hetero) is 1. The molecule has 0 heterocycles. The van der Waals surface area contributed by atoms with Crippen molar-refractivity contribution in [1.82, 2.24) is 0 Å². The highest BCUT2D eigenvalue weighted by Gasteiger charge is 2.90. The summed E-state index contributed by atoms with van der Waals surface area (Å²) in [5, 5.41) is 0. The first kappa shape index (κ1) is 7.58. The van der Waals surface area contributed by atoms with Crippen molar-refractivity contribution < 1.29 is 9.18 Å². The Bertz CT molecular complexity index is 395. The fourth-order valence-corrected chi connectivity index (χ4v) is 7.96. The Morgan fingerprint density at radius 1 is 1.36 bits per heavy atom. The Morgan fingerprint density at radius 2 is 2.14 bits per heavy atom. The molecule has 0 radical (unpaired) electrons. The van der Waals surface area contributed by atoms with Gasteiger partial charge in [-0.05, 0) is 30.1 Å². The standard InChI is InChI=1S/C11H10FIO/c12-11-7-3-1-2-4(5(3)10(11)13)8(11)9(14)6(2)7/h2-8,10H,1H2/t2-,3+,4-,5-,6+,7+,8+,10+,11-/m0/s1. The van der Waals surface area contributed by atoms with Crippen LogP contribution in [0.2, 0.25) is 0 Å². The minimum Gasteiger partial charge on any atom is -0.299 e. The normalized spacial score (nSPS) is 80.3. The van der Waals surface area contributed by atoms with E-state index in [-0.39, 0.29) is 21.7 Å². The first-order valence-electron chi connectivity index (χ1n) is 5.54. The van der Waals surface area contributed by atoms with Crippen LogP contribution < -0.4 is 0 Å². The molecule has 0 N–H and O–H groups in total. The maximum absolute atomic E-state index is 14.9. The fraction of sp³-hybridized carbons (Fsp3) is 0.909. The van der Waals surface area contributed by atoms with E-state index in [1.54, 1.807) is 0 Å². The molecule has 74 valence electrons. The third-order valence-electron chi connectivity index (χ3n) is 6.06. The molecule has 3 heteroatoms. The molecule has 6 bridgehead atoms. The van der Waals surface area contributed by atoms with Crippen LogP contribution in [0.3, 0.4) is 0 Å². The summed E-state index contributed by atoms with van der Waals surface area (Å²) >= 11 is 2.30. The number of alkyl halides is 2. The van der Waals surface area contributed by atoms with Gasteiger partial charge in [-0.25, -0.2) is 4.39 Å². The van der Waals surface area contributed by atoms with Crippen molar-refractivity contribution in [3.8, 4) is 0 Å². The molecular formula is C11H10FIO. The molecule has 0 aromatic heterocycles. The van der Waals surface area contributed by atoms with Gasteiger partial charge in [0.2, 0.25) is 0 Å². The van der Waals surface area contributed by atoms with Gasteiger partial charge in [-0.1, -0.05) is 22.6 Å². The van der Waals surface area contributed by atoms with Gasteiger partial charge in [-0.2, -0.15) is 0 Å². The molecule has 9 atom stereocenters. The lowest BCUT2D eigenvalue weighted by molar-refractivity contribution is -0.122. The highest BCUT2D eigenvalue weighted by atomic mass is 127. The first-order chi connectivity index (χ1) is 6.67. The third-order valence-corrected chi connectivity index (χ3v) is 7.84. The van der Waals surface area contributed by atoms with E-state index in [0.29, 0.717) is 29.5 Å². The molecule has 6 fully saturated rings. The van der Waals surface area contributed by atoms with Crippen molar-refractivity contribution in [2.75, 3.05) is 0 Å². The van der Waals surface area contributed by atoms with Crippen molar-refractivity contribution >= 4 is 28.4 Å². The zero-order valence-electron chi connectivity index (χ0n) is 7.49. The number of hydrogen-bond donors (Lipinski definition) is 0. The van der Waals surface area contributed by atoms with Gasteiger partial charge in [-0.15, -0.1) is 0 Å². The third kappa shape index (κ3) is 0.407. The minimum atomic E-state index is -1.06. The van der Waals surface area contributed by atoms with E-state index >= 15 is 0 Å². The lowest BCUT2D eigenvalue weighted by Crippen LogP contribution is -2.42. The maximum Gasteiger partial charge on any atom is 0.143 e. The van der Waals surface area contributed by atoms with Crippen molar-refractivity contribution in [2.24, 2.45) is 41.4 Å². The summed E-state index contributed by atoms with van der Waals surface area (Å²) in [5.74, 6) is 2.71. The second kappa shape index (κ2) is 1.72. The summed E-state index contributed by atoms with van der Waals surface area (Å²) in [6.45, 7) is 0. The SMILES string of the molecule is O=C1[C@@H]2[C@H]3C[C@@H]4[C@H]5[C@H]3[C@H]1[C@@](F)([C@H]42)[C@@H]5I. The quantitative estimate of drug-likeness (QED) is 0.493. The van der Waals surface area contributed by atoms with Crippen molar-refractivity contribution in [3.05, 3.63) is 0 Å². The molecule has 0 aromatic rings. The molecule has 0 saturated heterocycles. The average Bonchev–Trinajstić information content (AvgIpc) is 2.81. The monoisotopic (exact) mass is 304 g/mol. The van der Waals surface area contributed by atoms with Crippen molar-refractivity contribution in [2.45, 2.75) is 16.0 Å². The van der Waals surface area contributed by atoms with Crippen LogP contribution in [0.4, 0.5) is 4.39 Å². The second-order valence-corrected chi connectivity index (χ2v) is 7.22. The predicted molar refractivity (Wildman–Crippen MR) is 55.7 cm³/mol. The molecule has 1 nitrogen and oxygen atoms in total. The number of carbonyl (C=O) groups excluding carboxylic acids is 1. The highest BCUT2D eigenvalue weighted by molar-refractivity contribution is 14.1. The van der Waals surface area contributed by atoms with Crippen LogP contribution in [-0.4, -0.2) is 15.4 Å². The van der Waals surface area contributed by atoms with Gasteiger partial charge in [0.15, 0.2) is 0 Å². The number of carbonyl (C=O) groups is 1. The van der Waals surface area contributed by atoms with E-state index in [2.05, 4.69) is 22.6 Å². The molecule has 0 aliphatic heterocycles. The van der Waals surface area contributed by atoms with Crippen molar-refractivity contribution in [1.29, 1.82) is 0 Å². The van der Waals surface area contributed by atoms with E-state index < -0.39 is 5.67 Å². The Morgan fingerprint density at radius 3 is 2.86 bits per heavy atom. The maximum atomic E-state index is 14.9. The largest absolute Gasteiger partial charge is 0.299 e. The summed E-state index contributed by atoms with van der Waals surface area (Å²) < 4.78 is 15.1. The fourth-order valence-electron chi connectivity index (χ4n) is 6.14. The van der Waals surface area contributed by atoms with Gasteiger partial charge in [-0.3, -0.25) is 4.79 Å². The van der Waals surface area contributed by atoms with E-state index in [1.807, 2.05) is 0 Å². The van der Waals surface area contributed by atoms with Gasteiger partial charge in [0.1, 0.15) is 11.5 Å². The smallest absolute Gasteiger partial charge is 0.143 e. The van der Waals surface area contributed by atoms with E-state index in [9.17, 15) is 9.18 Å². The molecular weight excluding hydrogens is 294 g/mol. The zero-order chi connectivity index (χ0) is 9.40. The Labute approximate surface area is 94.9 Å². The van der Waals surface area contributed by atoms with Crippen LogP contribution in [0.5, 0.6) is 0 Å². The van der Waals surface area contributed by atoms with E-state index in [4.69, 9.17) is 0 Å². The molecule has 6 aliphatic rings. The summed E-state index contributed by atoms with van der Waals surface area (Å²) in [6, 6.07) is 0. The molecule has 6 rings (SSSR count). The average molecular weight is 304 g/mol. The van der Waals surface area contributed by atoms with Crippen LogP contribution in [0.25, 0.3) is 0 Å². The summed E-state index contributed by atoms with van der Waals surface area (Å²) in [6.07, 6.45) is 1.18. The van der Waals surface area contributed by atoms with Crippen LogP contribution in [-0.2, 0) is 4.79 Å². The molecule has 0 spiro atoms. The molecule has 14 heavy (non-hydrogen) atoms. The number of hydrogen-bond acceptors (Lipinski definition) is 1. The highest BCUT2D eigenvalue weighted by Crippen LogP contribution is 2.84.